The Morgan fingerprint density at radius 1 is 1.55 bits per heavy atom. The molecule has 3 N–H and O–H groups in total. The maximum Gasteiger partial charge on any atom is 0.243 e. The Labute approximate surface area is 139 Å². The lowest BCUT2D eigenvalue weighted by molar-refractivity contribution is 0.100. The molecule has 2 heterocycles. The summed E-state index contributed by atoms with van der Waals surface area (Å²) in [6, 6.07) is 3.91. The Bertz CT molecular complexity index is 755. The second-order valence-electron chi connectivity index (χ2n) is 5.13. The molecule has 0 aliphatic heterocycles. The number of nitrogens with zero attached hydrogens (tertiary/aromatic N) is 2. The van der Waals surface area contributed by atoms with Crippen molar-refractivity contribution in [3.05, 3.63) is 26.9 Å². The summed E-state index contributed by atoms with van der Waals surface area (Å²) in [5.41, 5.74) is 6.52. The molecule has 0 radical (unpaired) electrons. The number of hydrogen-bond acceptors (Lipinski definition) is 7. The molecule has 0 spiro atoms. The van der Waals surface area contributed by atoms with Crippen molar-refractivity contribution in [3.8, 4) is 6.07 Å². The Hall–Kier alpha value is -1.85. The number of anilines is 2. The molecule has 114 valence electrons. The third-order valence-electron chi connectivity index (χ3n) is 3.66. The molecule has 0 atom stereocenters. The van der Waals surface area contributed by atoms with Crippen LogP contribution in [-0.4, -0.2) is 17.0 Å². The number of thiophene rings is 1. The van der Waals surface area contributed by atoms with Gasteiger partial charge in [0, 0.05) is 12.1 Å². The molecule has 1 aliphatic rings. The highest BCUT2D eigenvalue weighted by Gasteiger charge is 2.26. The average molecular weight is 381 g/mol. The zero-order valence-electron chi connectivity index (χ0n) is 11.6. The maximum atomic E-state index is 12.4. The highest BCUT2D eigenvalue weighted by Crippen LogP contribution is 2.38. The van der Waals surface area contributed by atoms with Gasteiger partial charge in [-0.1, -0.05) is 18.0 Å². The van der Waals surface area contributed by atoms with E-state index in [4.69, 9.17) is 10.3 Å². The quantitative estimate of drug-likeness (QED) is 0.785. The van der Waals surface area contributed by atoms with E-state index in [-0.39, 0.29) is 17.2 Å². The summed E-state index contributed by atoms with van der Waals surface area (Å²) in [6.45, 7) is 0. The van der Waals surface area contributed by atoms with E-state index in [9.17, 15) is 10.1 Å². The Morgan fingerprint density at radius 2 is 2.27 bits per heavy atom. The van der Waals surface area contributed by atoms with Gasteiger partial charge >= 0.3 is 0 Å². The fourth-order valence-electron chi connectivity index (χ4n) is 2.55. The van der Waals surface area contributed by atoms with Crippen molar-refractivity contribution in [1.29, 1.82) is 5.26 Å². The first-order valence-electron chi connectivity index (χ1n) is 6.86. The monoisotopic (exact) mass is 380 g/mol. The number of nitrogen functional groups attached to an aromatic ring is 1. The van der Waals surface area contributed by atoms with Crippen molar-refractivity contribution < 1.29 is 9.32 Å². The van der Waals surface area contributed by atoms with Crippen LogP contribution in [-0.2, 0) is 0 Å². The maximum absolute atomic E-state index is 12.4. The van der Waals surface area contributed by atoms with Crippen molar-refractivity contribution >= 4 is 43.7 Å². The molecule has 0 aromatic carbocycles. The zero-order valence-corrected chi connectivity index (χ0v) is 14.0. The molecule has 0 amide bonds. The van der Waals surface area contributed by atoms with Crippen LogP contribution in [0.25, 0.3) is 0 Å². The molecule has 22 heavy (non-hydrogen) atoms. The molecule has 0 unspecified atom stereocenters. The topological polar surface area (TPSA) is 105 Å². The van der Waals surface area contributed by atoms with Crippen molar-refractivity contribution in [1.82, 2.24) is 5.16 Å². The van der Waals surface area contributed by atoms with Gasteiger partial charge in [-0.3, -0.25) is 4.79 Å². The summed E-state index contributed by atoms with van der Waals surface area (Å²) in [7, 11) is 0. The van der Waals surface area contributed by atoms with Crippen LogP contribution >= 0.6 is 27.3 Å². The SMILES string of the molecule is N#Cc1c(NC2CCCC2)sc(C(=O)c2cc(Br)no2)c1N. The molecule has 8 heteroatoms. The van der Waals surface area contributed by atoms with Gasteiger partial charge in [0.1, 0.15) is 26.1 Å². The van der Waals surface area contributed by atoms with Crippen molar-refractivity contribution in [3.63, 3.8) is 0 Å². The van der Waals surface area contributed by atoms with E-state index < -0.39 is 0 Å². The minimum absolute atomic E-state index is 0.0942. The second-order valence-corrected chi connectivity index (χ2v) is 6.96. The van der Waals surface area contributed by atoms with Crippen molar-refractivity contribution in [2.24, 2.45) is 0 Å². The lowest BCUT2D eigenvalue weighted by atomic mass is 10.2. The number of carbonyl (C=O) groups excluding carboxylic acids is 1. The van der Waals surface area contributed by atoms with Crippen molar-refractivity contribution in [2.75, 3.05) is 11.1 Å². The summed E-state index contributed by atoms with van der Waals surface area (Å²) >= 11 is 4.33. The van der Waals surface area contributed by atoms with Gasteiger partial charge in [-0.05, 0) is 28.8 Å². The Balaban J connectivity index is 1.93. The van der Waals surface area contributed by atoms with Crippen molar-refractivity contribution in [2.45, 2.75) is 31.7 Å². The predicted octanol–water partition coefficient (Wildman–Crippen LogP) is 3.54. The van der Waals surface area contributed by atoms with Gasteiger partial charge in [0.25, 0.3) is 0 Å². The van der Waals surface area contributed by atoms with Crippen LogP contribution in [0.2, 0.25) is 0 Å². The van der Waals surface area contributed by atoms with Gasteiger partial charge < -0.3 is 15.6 Å². The number of halogens is 1. The molecule has 1 saturated carbocycles. The predicted molar refractivity (Wildman–Crippen MR) is 87.0 cm³/mol. The van der Waals surface area contributed by atoms with Gasteiger partial charge in [-0.25, -0.2) is 0 Å². The Kier molecular flexibility index (Phi) is 4.18. The normalized spacial score (nSPS) is 14.9. The van der Waals surface area contributed by atoms with Crippen LogP contribution in [0.3, 0.4) is 0 Å². The summed E-state index contributed by atoms with van der Waals surface area (Å²) in [6.07, 6.45) is 4.50. The number of carbonyl (C=O) groups is 1. The fourth-order valence-corrected chi connectivity index (χ4v) is 3.93. The van der Waals surface area contributed by atoms with E-state index >= 15 is 0 Å². The first-order valence-corrected chi connectivity index (χ1v) is 8.47. The molecule has 0 saturated heterocycles. The highest BCUT2D eigenvalue weighted by atomic mass is 79.9. The number of aromatic nitrogens is 1. The summed E-state index contributed by atoms with van der Waals surface area (Å²) < 4.78 is 5.39. The number of rotatable bonds is 4. The lowest BCUT2D eigenvalue weighted by Gasteiger charge is -2.11. The van der Waals surface area contributed by atoms with E-state index in [1.165, 1.54) is 30.2 Å². The number of ketones is 1. The number of nitriles is 1. The zero-order chi connectivity index (χ0) is 15.7. The molecule has 1 aliphatic carbocycles. The minimum atomic E-state index is -0.364. The van der Waals surface area contributed by atoms with E-state index in [1.807, 2.05) is 0 Å². The van der Waals surface area contributed by atoms with Crippen LogP contribution in [0.4, 0.5) is 10.7 Å². The smallest absolute Gasteiger partial charge is 0.243 e. The molecular formula is C14H13BrN4O2S. The molecule has 6 nitrogen and oxygen atoms in total. The lowest BCUT2D eigenvalue weighted by Crippen LogP contribution is -2.14. The van der Waals surface area contributed by atoms with Crippen LogP contribution in [0.15, 0.2) is 15.2 Å². The van der Waals surface area contributed by atoms with Crippen LogP contribution in [0.5, 0.6) is 0 Å². The summed E-state index contributed by atoms with van der Waals surface area (Å²) in [4.78, 5) is 12.7. The van der Waals surface area contributed by atoms with E-state index in [0.717, 1.165) is 12.8 Å². The van der Waals surface area contributed by atoms with Crippen LogP contribution in [0.1, 0.15) is 46.7 Å². The molecular weight excluding hydrogens is 368 g/mol. The molecule has 2 aromatic heterocycles. The van der Waals surface area contributed by atoms with E-state index in [2.05, 4.69) is 32.5 Å². The highest BCUT2D eigenvalue weighted by molar-refractivity contribution is 9.10. The third-order valence-corrected chi connectivity index (χ3v) is 5.17. The van der Waals surface area contributed by atoms with Gasteiger partial charge in [0.15, 0.2) is 0 Å². The first kappa shape index (κ1) is 15.1. The van der Waals surface area contributed by atoms with Gasteiger partial charge in [-0.15, -0.1) is 11.3 Å². The fraction of sp³-hybridized carbons (Fsp3) is 0.357. The van der Waals surface area contributed by atoms with E-state index in [0.29, 0.717) is 26.1 Å². The molecule has 2 aromatic rings. The first-order chi connectivity index (χ1) is 10.6. The second kappa shape index (κ2) is 6.10. The minimum Gasteiger partial charge on any atom is -0.396 e. The standard InChI is InChI=1S/C14H13BrN4O2S/c15-10-5-9(21-19-10)12(20)13-11(17)8(6-16)14(22-13)18-7-3-1-2-4-7/h5,7,18H,1-4,17H2. The van der Waals surface area contributed by atoms with E-state index in [1.54, 1.807) is 0 Å². The summed E-state index contributed by atoms with van der Waals surface area (Å²) in [5, 5.41) is 17.0. The summed E-state index contributed by atoms with van der Waals surface area (Å²) in [5.74, 6) is -0.270. The number of nitrogens with one attached hydrogen (secondary N) is 1. The van der Waals surface area contributed by atoms with Crippen LogP contribution in [0, 0.1) is 11.3 Å². The van der Waals surface area contributed by atoms with Gasteiger partial charge in [-0.2, -0.15) is 5.26 Å². The largest absolute Gasteiger partial charge is 0.396 e. The number of hydrogen-bond donors (Lipinski definition) is 2. The van der Waals surface area contributed by atoms with Gasteiger partial charge in [0.05, 0.1) is 5.69 Å². The third kappa shape index (κ3) is 2.74. The van der Waals surface area contributed by atoms with Gasteiger partial charge in [0.2, 0.25) is 11.5 Å². The molecule has 0 bridgehead atoms. The average Bonchev–Trinajstić information content (AvgIpc) is 3.20. The molecule has 3 rings (SSSR count). The number of nitrogens with two attached hydrogens (primary N) is 1. The van der Waals surface area contributed by atoms with Crippen LogP contribution < -0.4 is 11.1 Å². The molecule has 1 fully saturated rings. The Morgan fingerprint density at radius 3 is 2.86 bits per heavy atom.